The van der Waals surface area contributed by atoms with E-state index in [1.165, 1.54) is 11.8 Å². The molecule has 132 valence electrons. The molecule has 8 heteroatoms. The maximum absolute atomic E-state index is 12.2. The average molecular weight is 367 g/mol. The van der Waals surface area contributed by atoms with Gasteiger partial charge in [0.1, 0.15) is 0 Å². The molecule has 2 N–H and O–H groups in total. The van der Waals surface area contributed by atoms with Crippen molar-refractivity contribution in [2.45, 2.75) is 24.0 Å². The van der Waals surface area contributed by atoms with Gasteiger partial charge in [-0.15, -0.1) is 10.2 Å². The first-order valence-electron chi connectivity index (χ1n) is 8.32. The summed E-state index contributed by atoms with van der Waals surface area (Å²) in [5.74, 6) is -0.0656. The van der Waals surface area contributed by atoms with Crippen LogP contribution in [0.4, 0.5) is 5.69 Å². The number of anilines is 1. The van der Waals surface area contributed by atoms with Crippen LogP contribution in [0.15, 0.2) is 53.8 Å². The van der Waals surface area contributed by atoms with Gasteiger partial charge in [0.15, 0.2) is 10.8 Å². The lowest BCUT2D eigenvalue weighted by Crippen LogP contribution is -2.25. The van der Waals surface area contributed by atoms with Gasteiger partial charge in [-0.25, -0.2) is 0 Å². The first kappa shape index (κ1) is 16.6. The quantitative estimate of drug-likeness (QED) is 0.653. The predicted molar refractivity (Wildman–Crippen MR) is 99.3 cm³/mol. The van der Waals surface area contributed by atoms with Gasteiger partial charge in [0, 0.05) is 23.5 Å². The largest absolute Gasteiger partial charge is 0.349 e. The highest BCUT2D eigenvalue weighted by Gasteiger charge is 2.23. The molecular formula is C18H17N5O2S. The Balaban J connectivity index is 1.36. The zero-order valence-electron chi connectivity index (χ0n) is 13.9. The summed E-state index contributed by atoms with van der Waals surface area (Å²) in [5, 5.41) is 14.6. The van der Waals surface area contributed by atoms with Crippen LogP contribution >= 0.6 is 11.8 Å². The van der Waals surface area contributed by atoms with Crippen LogP contribution in [0, 0.1) is 0 Å². The highest BCUT2D eigenvalue weighted by Crippen LogP contribution is 2.20. The van der Waals surface area contributed by atoms with Gasteiger partial charge in [-0.1, -0.05) is 23.9 Å². The molecule has 4 rings (SSSR count). The minimum atomic E-state index is -0.164. The van der Waals surface area contributed by atoms with Crippen LogP contribution in [0.2, 0.25) is 0 Å². The Hall–Kier alpha value is -2.87. The average Bonchev–Trinajstić information content (AvgIpc) is 3.37. The minimum Gasteiger partial charge on any atom is -0.349 e. The topological polar surface area (TPSA) is 88.4 Å². The van der Waals surface area contributed by atoms with Crippen LogP contribution in [0.25, 0.3) is 5.65 Å². The molecule has 2 aromatic heterocycles. The summed E-state index contributed by atoms with van der Waals surface area (Å²) in [4.78, 5) is 24.3. The fraction of sp³-hybridized carbons (Fsp3) is 0.222. The zero-order chi connectivity index (χ0) is 17.9. The van der Waals surface area contributed by atoms with Crippen molar-refractivity contribution < 1.29 is 9.59 Å². The van der Waals surface area contributed by atoms with Crippen LogP contribution in [-0.4, -0.2) is 38.2 Å². The summed E-state index contributed by atoms with van der Waals surface area (Å²) in [6.45, 7) is 0. The van der Waals surface area contributed by atoms with E-state index in [1.807, 2.05) is 28.8 Å². The van der Waals surface area contributed by atoms with Crippen molar-refractivity contribution in [3.8, 4) is 0 Å². The van der Waals surface area contributed by atoms with E-state index in [4.69, 9.17) is 0 Å². The molecule has 7 nitrogen and oxygen atoms in total. The molecule has 0 spiro atoms. The fourth-order valence-corrected chi connectivity index (χ4v) is 3.20. The highest BCUT2D eigenvalue weighted by atomic mass is 32.2. The lowest BCUT2D eigenvalue weighted by molar-refractivity contribution is -0.113. The number of aromatic nitrogens is 3. The first-order valence-corrected chi connectivity index (χ1v) is 9.31. The summed E-state index contributed by atoms with van der Waals surface area (Å²) in [6.07, 6.45) is 3.94. The number of carbonyl (C=O) groups is 2. The molecule has 0 unspecified atom stereocenters. The minimum absolute atomic E-state index is 0.104. The maximum atomic E-state index is 12.2. The number of benzene rings is 1. The molecule has 26 heavy (non-hydrogen) atoms. The molecule has 1 saturated carbocycles. The lowest BCUT2D eigenvalue weighted by Gasteiger charge is -2.07. The predicted octanol–water partition coefficient (Wildman–Crippen LogP) is 2.35. The fourth-order valence-electron chi connectivity index (χ4n) is 2.48. The summed E-state index contributed by atoms with van der Waals surface area (Å²) >= 11 is 1.31. The van der Waals surface area contributed by atoms with Gasteiger partial charge in [0.05, 0.1) is 5.75 Å². The second kappa shape index (κ2) is 7.17. The number of thioether (sulfide) groups is 1. The van der Waals surface area contributed by atoms with Crippen molar-refractivity contribution in [3.05, 3.63) is 54.2 Å². The van der Waals surface area contributed by atoms with Crippen molar-refractivity contribution in [1.82, 2.24) is 19.9 Å². The Morgan fingerprint density at radius 1 is 1.15 bits per heavy atom. The lowest BCUT2D eigenvalue weighted by atomic mass is 10.2. The summed E-state index contributed by atoms with van der Waals surface area (Å²) in [5.41, 5.74) is 1.89. The SMILES string of the molecule is O=C(CSc1nnc2ccccn12)Nc1cccc(C(=O)NC2CC2)c1. The number of carbonyl (C=O) groups excluding carboxylic acids is 2. The number of amides is 2. The van der Waals surface area contributed by atoms with E-state index >= 15 is 0 Å². The van der Waals surface area contributed by atoms with E-state index in [0.717, 1.165) is 18.5 Å². The van der Waals surface area contributed by atoms with Crippen LogP contribution in [0.3, 0.4) is 0 Å². The van der Waals surface area contributed by atoms with Crippen molar-refractivity contribution in [2.75, 3.05) is 11.1 Å². The van der Waals surface area contributed by atoms with Gasteiger partial charge in [-0.05, 0) is 43.2 Å². The van der Waals surface area contributed by atoms with Gasteiger partial charge in [0.25, 0.3) is 5.91 Å². The van der Waals surface area contributed by atoms with Crippen LogP contribution in [0.5, 0.6) is 0 Å². The van der Waals surface area contributed by atoms with E-state index in [-0.39, 0.29) is 17.6 Å². The molecule has 2 amide bonds. The maximum Gasteiger partial charge on any atom is 0.251 e. The normalized spacial score (nSPS) is 13.5. The van der Waals surface area contributed by atoms with Gasteiger partial charge in [0.2, 0.25) is 5.91 Å². The van der Waals surface area contributed by atoms with E-state index < -0.39 is 0 Å². The monoisotopic (exact) mass is 367 g/mol. The number of hydrogen-bond donors (Lipinski definition) is 2. The number of nitrogens with one attached hydrogen (secondary N) is 2. The van der Waals surface area contributed by atoms with E-state index in [2.05, 4.69) is 20.8 Å². The highest BCUT2D eigenvalue weighted by molar-refractivity contribution is 7.99. The standard InChI is InChI=1S/C18H17N5O2S/c24-16(11-26-18-22-21-15-6-1-2-9-23(15)18)19-14-5-3-4-12(10-14)17(25)20-13-7-8-13/h1-6,9-10,13H,7-8,11H2,(H,19,24)(H,20,25). The van der Waals surface area contributed by atoms with Crippen LogP contribution in [-0.2, 0) is 4.79 Å². The molecule has 1 aliphatic rings. The summed E-state index contributed by atoms with van der Waals surface area (Å²) in [6, 6.07) is 12.9. The Morgan fingerprint density at radius 2 is 2.04 bits per heavy atom. The summed E-state index contributed by atoms with van der Waals surface area (Å²) in [7, 11) is 0. The molecule has 1 aliphatic carbocycles. The molecule has 1 aromatic carbocycles. The van der Waals surface area contributed by atoms with Gasteiger partial charge in [-0.3, -0.25) is 14.0 Å². The van der Waals surface area contributed by atoms with Crippen molar-refractivity contribution in [3.63, 3.8) is 0 Å². The van der Waals surface area contributed by atoms with Gasteiger partial charge in [-0.2, -0.15) is 0 Å². The Labute approximate surface area is 154 Å². The molecule has 0 saturated heterocycles. The van der Waals surface area contributed by atoms with Crippen LogP contribution in [0.1, 0.15) is 23.2 Å². The smallest absolute Gasteiger partial charge is 0.251 e. The molecule has 0 atom stereocenters. The third kappa shape index (κ3) is 3.85. The van der Waals surface area contributed by atoms with Crippen LogP contribution < -0.4 is 10.6 Å². The number of nitrogens with zero attached hydrogens (tertiary/aromatic N) is 3. The molecule has 2 heterocycles. The number of rotatable bonds is 6. The second-order valence-corrected chi connectivity index (χ2v) is 7.02. The van der Waals surface area contributed by atoms with E-state index in [0.29, 0.717) is 22.4 Å². The van der Waals surface area contributed by atoms with E-state index in [9.17, 15) is 9.59 Å². The number of pyridine rings is 1. The first-order chi connectivity index (χ1) is 12.7. The molecule has 3 aromatic rings. The van der Waals surface area contributed by atoms with E-state index in [1.54, 1.807) is 24.3 Å². The van der Waals surface area contributed by atoms with Gasteiger partial charge >= 0.3 is 0 Å². The number of hydrogen-bond acceptors (Lipinski definition) is 5. The molecule has 0 aliphatic heterocycles. The third-order valence-corrected chi connectivity index (χ3v) is 4.88. The zero-order valence-corrected chi connectivity index (χ0v) is 14.7. The number of fused-ring (bicyclic) bond motifs is 1. The molecule has 0 radical (unpaired) electrons. The Kier molecular flexibility index (Phi) is 4.57. The van der Waals surface area contributed by atoms with Crippen molar-refractivity contribution in [1.29, 1.82) is 0 Å². The second-order valence-electron chi connectivity index (χ2n) is 6.08. The Bertz CT molecular complexity index is 967. The van der Waals surface area contributed by atoms with Crippen molar-refractivity contribution >= 4 is 34.9 Å². The van der Waals surface area contributed by atoms with Gasteiger partial charge < -0.3 is 10.6 Å². The Morgan fingerprint density at radius 3 is 2.88 bits per heavy atom. The summed E-state index contributed by atoms with van der Waals surface area (Å²) < 4.78 is 1.83. The molecular weight excluding hydrogens is 350 g/mol. The molecule has 1 fully saturated rings. The third-order valence-electron chi connectivity index (χ3n) is 3.94. The molecule has 0 bridgehead atoms. The van der Waals surface area contributed by atoms with Crippen molar-refractivity contribution in [2.24, 2.45) is 0 Å².